The summed E-state index contributed by atoms with van der Waals surface area (Å²) >= 11 is 0. The average molecular weight is 272 g/mol. The lowest BCUT2D eigenvalue weighted by Crippen LogP contribution is -2.05. The summed E-state index contributed by atoms with van der Waals surface area (Å²) in [5.74, 6) is 0.254. The number of benzene rings is 1. The number of aliphatic hydroxyl groups excluding tert-OH is 1. The van der Waals surface area contributed by atoms with E-state index >= 15 is 0 Å². The van der Waals surface area contributed by atoms with Gasteiger partial charge in [-0.05, 0) is 25.1 Å². The molecule has 0 saturated heterocycles. The Balaban J connectivity index is 2.29. The van der Waals surface area contributed by atoms with Gasteiger partial charge >= 0.3 is 6.18 Å². The minimum Gasteiger partial charge on any atom is -0.393 e. The van der Waals surface area contributed by atoms with Gasteiger partial charge < -0.3 is 9.63 Å². The zero-order chi connectivity index (χ0) is 14.0. The number of aromatic nitrogens is 2. The minimum atomic E-state index is -4.42. The van der Waals surface area contributed by atoms with Gasteiger partial charge in [-0.2, -0.15) is 18.2 Å². The second-order valence-corrected chi connectivity index (χ2v) is 4.15. The van der Waals surface area contributed by atoms with E-state index < -0.39 is 17.8 Å². The summed E-state index contributed by atoms with van der Waals surface area (Å²) in [6.07, 6.45) is -4.88. The number of rotatable bonds is 3. The van der Waals surface area contributed by atoms with Crippen LogP contribution in [-0.2, 0) is 12.6 Å². The summed E-state index contributed by atoms with van der Waals surface area (Å²) in [5.41, 5.74) is -0.584. The van der Waals surface area contributed by atoms with Crippen molar-refractivity contribution in [3.05, 3.63) is 35.7 Å². The molecule has 1 N–H and O–H groups in total. The van der Waals surface area contributed by atoms with Gasteiger partial charge in [0.15, 0.2) is 5.82 Å². The Morgan fingerprint density at radius 3 is 2.74 bits per heavy atom. The molecule has 0 fully saturated rings. The van der Waals surface area contributed by atoms with E-state index in [2.05, 4.69) is 10.1 Å². The molecule has 0 radical (unpaired) electrons. The van der Waals surface area contributed by atoms with Crippen LogP contribution in [0.25, 0.3) is 11.5 Å². The van der Waals surface area contributed by atoms with E-state index in [0.29, 0.717) is 0 Å². The number of halogens is 3. The maximum atomic E-state index is 12.6. The molecule has 0 amide bonds. The Kier molecular flexibility index (Phi) is 3.57. The van der Waals surface area contributed by atoms with Crippen LogP contribution in [0, 0.1) is 0 Å². The Morgan fingerprint density at radius 2 is 2.11 bits per heavy atom. The molecule has 0 bridgehead atoms. The molecule has 1 unspecified atom stereocenters. The van der Waals surface area contributed by atoms with Gasteiger partial charge in [0.05, 0.1) is 11.7 Å². The van der Waals surface area contributed by atoms with Crippen LogP contribution in [-0.4, -0.2) is 21.4 Å². The summed E-state index contributed by atoms with van der Waals surface area (Å²) in [7, 11) is 0. The molecule has 0 spiro atoms. The van der Waals surface area contributed by atoms with Crippen LogP contribution in [0.4, 0.5) is 13.2 Å². The predicted molar refractivity (Wildman–Crippen MR) is 60.1 cm³/mol. The highest BCUT2D eigenvalue weighted by Gasteiger charge is 2.30. The highest BCUT2D eigenvalue weighted by atomic mass is 19.4. The van der Waals surface area contributed by atoms with Crippen LogP contribution in [0.15, 0.2) is 28.8 Å². The monoisotopic (exact) mass is 272 g/mol. The molecular formula is C12H11F3N2O2. The number of alkyl halides is 3. The van der Waals surface area contributed by atoms with Crippen molar-refractivity contribution < 1.29 is 22.8 Å². The maximum Gasteiger partial charge on any atom is 0.416 e. The van der Waals surface area contributed by atoms with Crippen LogP contribution < -0.4 is 0 Å². The first-order chi connectivity index (χ1) is 8.86. The van der Waals surface area contributed by atoms with Gasteiger partial charge in [0.2, 0.25) is 0 Å². The van der Waals surface area contributed by atoms with Gasteiger partial charge in [-0.15, -0.1) is 0 Å². The van der Waals surface area contributed by atoms with Crippen molar-refractivity contribution in [2.45, 2.75) is 25.6 Å². The molecule has 2 aromatic rings. The first-order valence-corrected chi connectivity index (χ1v) is 5.54. The van der Waals surface area contributed by atoms with E-state index in [1.54, 1.807) is 6.92 Å². The van der Waals surface area contributed by atoms with E-state index in [0.717, 1.165) is 12.1 Å². The molecule has 1 aromatic heterocycles. The molecule has 0 aliphatic rings. The highest BCUT2D eigenvalue weighted by Crippen LogP contribution is 2.31. The fraction of sp³-hybridized carbons (Fsp3) is 0.333. The third-order valence-corrected chi connectivity index (χ3v) is 2.38. The molecule has 102 valence electrons. The smallest absolute Gasteiger partial charge is 0.393 e. The number of hydrogen-bond donors (Lipinski definition) is 1. The van der Waals surface area contributed by atoms with E-state index in [1.807, 2.05) is 0 Å². The quantitative estimate of drug-likeness (QED) is 0.933. The molecule has 2 rings (SSSR count). The van der Waals surface area contributed by atoms with Gasteiger partial charge in [-0.3, -0.25) is 0 Å². The molecule has 0 aliphatic carbocycles. The first-order valence-electron chi connectivity index (χ1n) is 5.54. The number of hydrogen-bond acceptors (Lipinski definition) is 4. The van der Waals surface area contributed by atoms with Gasteiger partial charge in [0.1, 0.15) is 0 Å². The maximum absolute atomic E-state index is 12.6. The van der Waals surface area contributed by atoms with Crippen LogP contribution in [0.1, 0.15) is 18.3 Å². The van der Waals surface area contributed by atoms with Crippen LogP contribution >= 0.6 is 0 Å². The topological polar surface area (TPSA) is 59.2 Å². The molecular weight excluding hydrogens is 261 g/mol. The Labute approximate surface area is 106 Å². The molecule has 1 atom stereocenters. The number of aliphatic hydroxyl groups is 1. The molecule has 7 heteroatoms. The van der Waals surface area contributed by atoms with Crippen LogP contribution in [0.3, 0.4) is 0 Å². The van der Waals surface area contributed by atoms with Crippen LogP contribution in [0.5, 0.6) is 0 Å². The predicted octanol–water partition coefficient (Wildman–Crippen LogP) is 2.68. The summed E-state index contributed by atoms with van der Waals surface area (Å²) in [6.45, 7) is 1.56. The normalized spacial score (nSPS) is 13.5. The second kappa shape index (κ2) is 5.00. The summed E-state index contributed by atoms with van der Waals surface area (Å²) in [6, 6.07) is 4.64. The summed E-state index contributed by atoms with van der Waals surface area (Å²) < 4.78 is 42.6. The number of nitrogens with zero attached hydrogens (tertiary/aromatic N) is 2. The third-order valence-electron chi connectivity index (χ3n) is 2.38. The largest absolute Gasteiger partial charge is 0.416 e. The molecule has 0 saturated carbocycles. The van der Waals surface area contributed by atoms with E-state index in [1.165, 1.54) is 12.1 Å². The van der Waals surface area contributed by atoms with E-state index in [9.17, 15) is 13.2 Å². The molecule has 1 heterocycles. The fourth-order valence-electron chi connectivity index (χ4n) is 1.55. The Hall–Kier alpha value is -1.89. The van der Waals surface area contributed by atoms with Crippen molar-refractivity contribution in [3.8, 4) is 11.5 Å². The second-order valence-electron chi connectivity index (χ2n) is 4.15. The molecule has 4 nitrogen and oxygen atoms in total. The summed E-state index contributed by atoms with van der Waals surface area (Å²) in [4.78, 5) is 3.94. The van der Waals surface area contributed by atoms with Gasteiger partial charge in [-0.25, -0.2) is 0 Å². The minimum absolute atomic E-state index is 0.00162. The van der Waals surface area contributed by atoms with Crippen LogP contribution in [0.2, 0.25) is 0 Å². The molecule has 1 aromatic carbocycles. The van der Waals surface area contributed by atoms with Crippen molar-refractivity contribution in [3.63, 3.8) is 0 Å². The van der Waals surface area contributed by atoms with Gasteiger partial charge in [0.25, 0.3) is 5.89 Å². The standard InChI is InChI=1S/C12H11F3N2O2/c1-7(18)5-10-16-11(19-17-10)8-3-2-4-9(6-8)12(13,14)15/h2-4,6-7,18H,5H2,1H3. The van der Waals surface area contributed by atoms with Crippen molar-refractivity contribution in [2.24, 2.45) is 0 Å². The highest BCUT2D eigenvalue weighted by molar-refractivity contribution is 5.54. The average Bonchev–Trinajstić information content (AvgIpc) is 2.76. The third kappa shape index (κ3) is 3.31. The van der Waals surface area contributed by atoms with E-state index in [-0.39, 0.29) is 23.7 Å². The van der Waals surface area contributed by atoms with Gasteiger partial charge in [-0.1, -0.05) is 11.2 Å². The zero-order valence-electron chi connectivity index (χ0n) is 9.98. The van der Waals surface area contributed by atoms with E-state index in [4.69, 9.17) is 9.63 Å². The Bertz CT molecular complexity index is 564. The van der Waals surface area contributed by atoms with Crippen molar-refractivity contribution in [1.29, 1.82) is 0 Å². The molecule has 19 heavy (non-hydrogen) atoms. The summed E-state index contributed by atoms with van der Waals surface area (Å²) in [5, 5.41) is 12.8. The SMILES string of the molecule is CC(O)Cc1noc(-c2cccc(C(F)(F)F)c2)n1. The zero-order valence-corrected chi connectivity index (χ0v) is 9.98. The fourth-order valence-corrected chi connectivity index (χ4v) is 1.55. The van der Waals surface area contributed by atoms with Crippen molar-refractivity contribution in [1.82, 2.24) is 10.1 Å². The molecule has 0 aliphatic heterocycles. The lowest BCUT2D eigenvalue weighted by Gasteiger charge is -2.06. The lowest BCUT2D eigenvalue weighted by molar-refractivity contribution is -0.137. The van der Waals surface area contributed by atoms with Crippen molar-refractivity contribution in [2.75, 3.05) is 0 Å². The van der Waals surface area contributed by atoms with Gasteiger partial charge in [0, 0.05) is 12.0 Å². The van der Waals surface area contributed by atoms with Crippen molar-refractivity contribution >= 4 is 0 Å². The first kappa shape index (κ1) is 13.5. The Morgan fingerprint density at radius 1 is 1.37 bits per heavy atom. The lowest BCUT2D eigenvalue weighted by atomic mass is 10.1.